The third kappa shape index (κ3) is 4.76. The van der Waals surface area contributed by atoms with Crippen LogP contribution < -0.4 is 10.6 Å². The molecule has 8 nitrogen and oxygen atoms in total. The lowest BCUT2D eigenvalue weighted by atomic mass is 10.2. The number of H-pyrrole nitrogens is 1. The van der Waals surface area contributed by atoms with E-state index >= 15 is 0 Å². The summed E-state index contributed by atoms with van der Waals surface area (Å²) in [5, 5.41) is 14.8. The van der Waals surface area contributed by atoms with Crippen molar-refractivity contribution < 1.29 is 9.59 Å². The topological polar surface area (TPSA) is 113 Å². The van der Waals surface area contributed by atoms with E-state index in [0.717, 1.165) is 5.69 Å². The van der Waals surface area contributed by atoms with Crippen LogP contribution in [0.4, 0.5) is 10.9 Å². The van der Waals surface area contributed by atoms with Crippen LogP contribution >= 0.6 is 11.3 Å². The van der Waals surface area contributed by atoms with Crippen LogP contribution in [0.5, 0.6) is 0 Å². The SMILES string of the molecule is O=C(Cc1csc(NC(=O)Cc2ccccn2)n1)Nc1cc(C2CC2)[nH]n1. The van der Waals surface area contributed by atoms with Gasteiger partial charge in [-0.3, -0.25) is 19.7 Å². The first-order chi connectivity index (χ1) is 13.2. The highest BCUT2D eigenvalue weighted by Gasteiger charge is 2.25. The Kier molecular flexibility index (Phi) is 4.93. The number of hydrogen-bond donors (Lipinski definition) is 3. The summed E-state index contributed by atoms with van der Waals surface area (Å²) >= 11 is 1.29. The number of aromatic nitrogens is 4. The molecule has 1 aliphatic carbocycles. The molecule has 138 valence electrons. The molecule has 0 saturated heterocycles. The van der Waals surface area contributed by atoms with E-state index < -0.39 is 0 Å². The molecule has 0 unspecified atom stereocenters. The Morgan fingerprint density at radius 1 is 1.15 bits per heavy atom. The first kappa shape index (κ1) is 17.3. The van der Waals surface area contributed by atoms with Gasteiger partial charge in [-0.25, -0.2) is 4.98 Å². The lowest BCUT2D eigenvalue weighted by Crippen LogP contribution is -2.16. The summed E-state index contributed by atoms with van der Waals surface area (Å²) < 4.78 is 0. The van der Waals surface area contributed by atoms with Crippen molar-refractivity contribution >= 4 is 34.1 Å². The highest BCUT2D eigenvalue weighted by molar-refractivity contribution is 7.13. The van der Waals surface area contributed by atoms with E-state index in [4.69, 9.17) is 0 Å². The normalized spacial score (nSPS) is 13.3. The van der Waals surface area contributed by atoms with Gasteiger partial charge in [0, 0.05) is 34.9 Å². The average Bonchev–Trinajstić information content (AvgIpc) is 3.25. The number of rotatable bonds is 7. The van der Waals surface area contributed by atoms with Gasteiger partial charge >= 0.3 is 0 Å². The Morgan fingerprint density at radius 2 is 1.96 bits per heavy atom. The number of pyridine rings is 1. The molecule has 0 aliphatic heterocycles. The number of anilines is 2. The summed E-state index contributed by atoms with van der Waals surface area (Å²) in [7, 11) is 0. The number of carbonyl (C=O) groups is 2. The first-order valence-corrected chi connectivity index (χ1v) is 9.53. The molecule has 3 aromatic heterocycles. The van der Waals surface area contributed by atoms with E-state index in [0.29, 0.717) is 28.3 Å². The first-order valence-electron chi connectivity index (χ1n) is 8.65. The second-order valence-electron chi connectivity index (χ2n) is 6.40. The van der Waals surface area contributed by atoms with E-state index in [-0.39, 0.29) is 24.7 Å². The molecule has 0 radical (unpaired) electrons. The zero-order chi connectivity index (χ0) is 18.6. The van der Waals surface area contributed by atoms with Crippen molar-refractivity contribution in [2.24, 2.45) is 0 Å². The maximum Gasteiger partial charge on any atom is 0.232 e. The molecule has 1 aliphatic rings. The molecule has 9 heteroatoms. The lowest BCUT2D eigenvalue weighted by molar-refractivity contribution is -0.116. The van der Waals surface area contributed by atoms with Crippen LogP contribution in [0.15, 0.2) is 35.8 Å². The molecule has 1 fully saturated rings. The molecule has 0 spiro atoms. The number of nitrogens with one attached hydrogen (secondary N) is 3. The minimum atomic E-state index is -0.194. The number of amides is 2. The predicted octanol–water partition coefficient (Wildman–Crippen LogP) is 2.50. The summed E-state index contributed by atoms with van der Waals surface area (Å²) in [6.07, 6.45) is 4.29. The van der Waals surface area contributed by atoms with Crippen LogP contribution in [0.1, 0.15) is 35.8 Å². The zero-order valence-corrected chi connectivity index (χ0v) is 15.3. The Hall–Kier alpha value is -3.07. The minimum Gasteiger partial charge on any atom is -0.309 e. The van der Waals surface area contributed by atoms with Gasteiger partial charge in [-0.05, 0) is 25.0 Å². The van der Waals surface area contributed by atoms with Gasteiger partial charge in [-0.2, -0.15) is 5.10 Å². The van der Waals surface area contributed by atoms with Crippen LogP contribution in [0.3, 0.4) is 0 Å². The smallest absolute Gasteiger partial charge is 0.232 e. The van der Waals surface area contributed by atoms with Crippen molar-refractivity contribution in [3.63, 3.8) is 0 Å². The van der Waals surface area contributed by atoms with E-state index in [2.05, 4.69) is 30.8 Å². The van der Waals surface area contributed by atoms with Crippen LogP contribution in [-0.4, -0.2) is 32.0 Å². The van der Waals surface area contributed by atoms with Crippen LogP contribution in [0, 0.1) is 0 Å². The third-order valence-electron chi connectivity index (χ3n) is 4.09. The van der Waals surface area contributed by atoms with Crippen LogP contribution in [-0.2, 0) is 22.4 Å². The van der Waals surface area contributed by atoms with Crippen molar-refractivity contribution in [2.45, 2.75) is 31.6 Å². The molecule has 3 aromatic rings. The van der Waals surface area contributed by atoms with E-state index in [1.165, 1.54) is 24.2 Å². The summed E-state index contributed by atoms with van der Waals surface area (Å²) in [6.45, 7) is 0. The largest absolute Gasteiger partial charge is 0.309 e. The van der Waals surface area contributed by atoms with Crippen molar-refractivity contribution in [3.05, 3.63) is 52.9 Å². The van der Waals surface area contributed by atoms with Crippen molar-refractivity contribution in [2.75, 3.05) is 10.6 Å². The quantitative estimate of drug-likeness (QED) is 0.581. The Labute approximate surface area is 159 Å². The Balaban J connectivity index is 1.28. The molecule has 3 N–H and O–H groups in total. The van der Waals surface area contributed by atoms with Crippen LogP contribution in [0.25, 0.3) is 0 Å². The summed E-state index contributed by atoms with van der Waals surface area (Å²) in [4.78, 5) is 32.6. The Morgan fingerprint density at radius 3 is 2.74 bits per heavy atom. The average molecular weight is 382 g/mol. The number of hydrogen-bond acceptors (Lipinski definition) is 6. The molecule has 1 saturated carbocycles. The van der Waals surface area contributed by atoms with Gasteiger partial charge < -0.3 is 10.6 Å². The number of carbonyl (C=O) groups excluding carboxylic acids is 2. The third-order valence-corrected chi connectivity index (χ3v) is 4.90. The highest BCUT2D eigenvalue weighted by Crippen LogP contribution is 2.39. The van der Waals surface area contributed by atoms with Crippen molar-refractivity contribution in [1.82, 2.24) is 20.2 Å². The van der Waals surface area contributed by atoms with Crippen LogP contribution in [0.2, 0.25) is 0 Å². The zero-order valence-electron chi connectivity index (χ0n) is 14.4. The maximum absolute atomic E-state index is 12.2. The fourth-order valence-electron chi connectivity index (χ4n) is 2.63. The van der Waals surface area contributed by atoms with Gasteiger partial charge in [-0.1, -0.05) is 6.07 Å². The monoisotopic (exact) mass is 382 g/mol. The molecule has 27 heavy (non-hydrogen) atoms. The maximum atomic E-state index is 12.2. The molecule has 3 heterocycles. The standard InChI is InChI=1S/C18H18N6O2S/c25-16(21-15-9-14(23-24-15)11-4-5-11)8-13-10-27-18(20-13)22-17(26)7-12-3-1-2-6-19-12/h1-3,6,9-11H,4-5,7-8H2,(H,20,22,26)(H2,21,23,24,25). The second kappa shape index (κ2) is 7.67. The van der Waals surface area contributed by atoms with E-state index in [9.17, 15) is 9.59 Å². The highest BCUT2D eigenvalue weighted by atomic mass is 32.1. The molecule has 2 amide bonds. The predicted molar refractivity (Wildman–Crippen MR) is 102 cm³/mol. The fourth-order valence-corrected chi connectivity index (χ4v) is 3.36. The summed E-state index contributed by atoms with van der Waals surface area (Å²) in [5.74, 6) is 0.698. The summed E-state index contributed by atoms with van der Waals surface area (Å²) in [5.41, 5.74) is 2.36. The molecule has 0 aromatic carbocycles. The van der Waals surface area contributed by atoms with Gasteiger partial charge in [0.2, 0.25) is 11.8 Å². The van der Waals surface area contributed by atoms with Gasteiger partial charge in [0.1, 0.15) is 0 Å². The van der Waals surface area contributed by atoms with Crippen molar-refractivity contribution in [1.29, 1.82) is 0 Å². The van der Waals surface area contributed by atoms with Gasteiger partial charge in [0.15, 0.2) is 10.9 Å². The van der Waals surface area contributed by atoms with E-state index in [1.54, 1.807) is 23.7 Å². The Bertz CT molecular complexity index is 948. The molecule has 4 rings (SSSR count). The number of nitrogens with zero attached hydrogens (tertiary/aromatic N) is 3. The molecular formula is C18H18N6O2S. The lowest BCUT2D eigenvalue weighted by Gasteiger charge is -2.01. The minimum absolute atomic E-state index is 0.123. The summed E-state index contributed by atoms with van der Waals surface area (Å²) in [6, 6.07) is 7.30. The van der Waals surface area contributed by atoms with Crippen molar-refractivity contribution in [3.8, 4) is 0 Å². The fraction of sp³-hybridized carbons (Fsp3) is 0.278. The number of thiazole rings is 1. The molecule has 0 bridgehead atoms. The van der Waals surface area contributed by atoms with E-state index in [1.807, 2.05) is 12.1 Å². The molecular weight excluding hydrogens is 364 g/mol. The van der Waals surface area contributed by atoms with Gasteiger partial charge in [-0.15, -0.1) is 11.3 Å². The second-order valence-corrected chi connectivity index (χ2v) is 7.26. The van der Waals surface area contributed by atoms with Gasteiger partial charge in [0.05, 0.1) is 18.5 Å². The molecule has 0 atom stereocenters. The number of aromatic amines is 1. The van der Waals surface area contributed by atoms with Gasteiger partial charge in [0.25, 0.3) is 0 Å².